The summed E-state index contributed by atoms with van der Waals surface area (Å²) in [4.78, 5) is 0. The van der Waals surface area contributed by atoms with Crippen LogP contribution in [0.1, 0.15) is 22.7 Å². The van der Waals surface area contributed by atoms with E-state index in [9.17, 15) is 4.39 Å². The lowest BCUT2D eigenvalue weighted by molar-refractivity contribution is 0.585. The number of hydrogen-bond donors (Lipinski definition) is 1. The molecule has 0 bridgehead atoms. The van der Waals surface area contributed by atoms with Gasteiger partial charge in [0.1, 0.15) is 5.82 Å². The molecule has 4 heteroatoms. The molecular formula is C16H16Br2FN. The van der Waals surface area contributed by atoms with Crippen LogP contribution in [0, 0.1) is 12.7 Å². The van der Waals surface area contributed by atoms with Gasteiger partial charge >= 0.3 is 0 Å². The Morgan fingerprint density at radius 3 is 2.50 bits per heavy atom. The molecule has 106 valence electrons. The van der Waals surface area contributed by atoms with Crippen molar-refractivity contribution in [3.05, 3.63) is 67.9 Å². The minimum absolute atomic E-state index is 0.172. The summed E-state index contributed by atoms with van der Waals surface area (Å²) in [6.07, 6.45) is 0.791. The van der Waals surface area contributed by atoms with Crippen LogP contribution >= 0.6 is 31.9 Å². The van der Waals surface area contributed by atoms with Gasteiger partial charge in [-0.05, 0) is 49.7 Å². The van der Waals surface area contributed by atoms with Gasteiger partial charge in [0, 0.05) is 15.0 Å². The first-order valence-electron chi connectivity index (χ1n) is 6.38. The minimum Gasteiger partial charge on any atom is -0.313 e. The van der Waals surface area contributed by atoms with Gasteiger partial charge in [0.25, 0.3) is 0 Å². The van der Waals surface area contributed by atoms with Gasteiger partial charge in [-0.15, -0.1) is 0 Å². The Kier molecular flexibility index (Phi) is 5.35. The van der Waals surface area contributed by atoms with Crippen molar-refractivity contribution < 1.29 is 4.39 Å². The zero-order chi connectivity index (χ0) is 14.7. The van der Waals surface area contributed by atoms with Crippen molar-refractivity contribution in [2.75, 3.05) is 7.05 Å². The van der Waals surface area contributed by atoms with E-state index in [0.29, 0.717) is 0 Å². The van der Waals surface area contributed by atoms with Crippen molar-refractivity contribution in [2.24, 2.45) is 0 Å². The molecule has 1 N–H and O–H groups in total. The third-order valence-electron chi connectivity index (χ3n) is 3.31. The highest BCUT2D eigenvalue weighted by atomic mass is 79.9. The van der Waals surface area contributed by atoms with Crippen LogP contribution in [0.25, 0.3) is 0 Å². The predicted molar refractivity (Wildman–Crippen MR) is 88.5 cm³/mol. The molecule has 0 spiro atoms. The number of rotatable bonds is 4. The van der Waals surface area contributed by atoms with Crippen LogP contribution in [0.15, 0.2) is 45.3 Å². The number of hydrogen-bond acceptors (Lipinski definition) is 1. The van der Waals surface area contributed by atoms with E-state index >= 15 is 0 Å². The fourth-order valence-electron chi connectivity index (χ4n) is 2.20. The molecular weight excluding hydrogens is 385 g/mol. The molecule has 0 fully saturated rings. The summed E-state index contributed by atoms with van der Waals surface area (Å²) in [6.45, 7) is 2.08. The number of halogens is 3. The number of benzene rings is 2. The Morgan fingerprint density at radius 1 is 1.10 bits per heavy atom. The van der Waals surface area contributed by atoms with E-state index in [1.54, 1.807) is 0 Å². The van der Waals surface area contributed by atoms with Crippen molar-refractivity contribution in [3.63, 3.8) is 0 Å². The summed E-state index contributed by atoms with van der Waals surface area (Å²) < 4.78 is 15.0. The van der Waals surface area contributed by atoms with Gasteiger partial charge in [-0.25, -0.2) is 4.39 Å². The Labute approximate surface area is 135 Å². The number of nitrogens with one attached hydrogen (secondary N) is 1. The van der Waals surface area contributed by atoms with E-state index in [2.05, 4.69) is 62.3 Å². The summed E-state index contributed by atoms with van der Waals surface area (Å²) >= 11 is 7.03. The second-order valence-electron chi connectivity index (χ2n) is 4.81. The largest absolute Gasteiger partial charge is 0.313 e. The molecule has 0 aliphatic carbocycles. The number of aryl methyl sites for hydroxylation is 1. The molecule has 1 nitrogen and oxygen atoms in total. The first-order valence-corrected chi connectivity index (χ1v) is 7.97. The van der Waals surface area contributed by atoms with Crippen LogP contribution in [0.2, 0.25) is 0 Å². The molecule has 2 aromatic carbocycles. The van der Waals surface area contributed by atoms with Crippen LogP contribution in [0.3, 0.4) is 0 Å². The molecule has 20 heavy (non-hydrogen) atoms. The Morgan fingerprint density at radius 2 is 1.85 bits per heavy atom. The maximum absolute atomic E-state index is 13.2. The molecule has 0 heterocycles. The fourth-order valence-corrected chi connectivity index (χ4v) is 3.24. The topological polar surface area (TPSA) is 12.0 Å². The highest BCUT2D eigenvalue weighted by Gasteiger charge is 2.15. The molecule has 2 rings (SSSR count). The first-order chi connectivity index (χ1) is 9.51. The molecule has 1 unspecified atom stereocenters. The SMILES string of the molecule is CNC(Cc1ccc(F)cc1Br)c1cc(C)ccc1Br. The average molecular weight is 401 g/mol. The summed E-state index contributed by atoms with van der Waals surface area (Å²) in [5.74, 6) is -0.224. The maximum Gasteiger partial charge on any atom is 0.124 e. The monoisotopic (exact) mass is 399 g/mol. The molecule has 0 saturated heterocycles. The zero-order valence-electron chi connectivity index (χ0n) is 11.4. The normalized spacial score (nSPS) is 12.4. The van der Waals surface area contributed by atoms with Crippen LogP contribution < -0.4 is 5.32 Å². The summed E-state index contributed by atoms with van der Waals surface area (Å²) in [5.41, 5.74) is 3.52. The van der Waals surface area contributed by atoms with Crippen LogP contribution in [-0.2, 0) is 6.42 Å². The van der Waals surface area contributed by atoms with Gasteiger partial charge in [0.05, 0.1) is 0 Å². The standard InChI is InChI=1S/C16H16Br2FN/c1-10-3-6-14(17)13(7-10)16(20-2)8-11-4-5-12(19)9-15(11)18/h3-7,9,16,20H,8H2,1-2H3. The molecule has 0 radical (unpaired) electrons. The average Bonchev–Trinajstić information content (AvgIpc) is 2.41. The van der Waals surface area contributed by atoms with E-state index in [1.165, 1.54) is 23.3 Å². The lowest BCUT2D eigenvalue weighted by Crippen LogP contribution is -2.19. The lowest BCUT2D eigenvalue weighted by Gasteiger charge is -2.19. The van der Waals surface area contributed by atoms with Crippen molar-refractivity contribution in [1.82, 2.24) is 5.32 Å². The van der Waals surface area contributed by atoms with Gasteiger partial charge in [-0.1, -0.05) is 55.6 Å². The molecule has 0 saturated carbocycles. The fraction of sp³-hybridized carbons (Fsp3) is 0.250. The van der Waals surface area contributed by atoms with Crippen LogP contribution in [0.5, 0.6) is 0 Å². The quantitative estimate of drug-likeness (QED) is 0.747. The van der Waals surface area contributed by atoms with E-state index < -0.39 is 0 Å². The predicted octanol–water partition coefficient (Wildman–Crippen LogP) is 5.16. The molecule has 1 atom stereocenters. The lowest BCUT2D eigenvalue weighted by atomic mass is 9.97. The molecule has 0 aromatic heterocycles. The summed E-state index contributed by atoms with van der Waals surface area (Å²) in [5, 5.41) is 3.33. The Bertz CT molecular complexity index is 613. The minimum atomic E-state index is -0.224. The molecule has 0 amide bonds. The van der Waals surface area contributed by atoms with Crippen LogP contribution in [0.4, 0.5) is 4.39 Å². The highest BCUT2D eigenvalue weighted by molar-refractivity contribution is 9.10. The van der Waals surface area contributed by atoms with Crippen molar-refractivity contribution in [2.45, 2.75) is 19.4 Å². The maximum atomic E-state index is 13.2. The van der Waals surface area contributed by atoms with Gasteiger partial charge in [0.2, 0.25) is 0 Å². The van der Waals surface area contributed by atoms with Gasteiger partial charge < -0.3 is 5.32 Å². The third kappa shape index (κ3) is 3.68. The van der Waals surface area contributed by atoms with Crippen molar-refractivity contribution in [3.8, 4) is 0 Å². The van der Waals surface area contributed by atoms with Gasteiger partial charge in [-0.3, -0.25) is 0 Å². The summed E-state index contributed by atoms with van der Waals surface area (Å²) in [7, 11) is 1.94. The van der Waals surface area contributed by atoms with E-state index in [4.69, 9.17) is 0 Å². The van der Waals surface area contributed by atoms with Crippen LogP contribution in [-0.4, -0.2) is 7.05 Å². The van der Waals surface area contributed by atoms with Crippen molar-refractivity contribution in [1.29, 1.82) is 0 Å². The molecule has 0 aliphatic rings. The van der Waals surface area contributed by atoms with Gasteiger partial charge in [-0.2, -0.15) is 0 Å². The third-order valence-corrected chi connectivity index (χ3v) is 4.77. The van der Waals surface area contributed by atoms with E-state index in [1.807, 2.05) is 13.1 Å². The zero-order valence-corrected chi connectivity index (χ0v) is 14.6. The Balaban J connectivity index is 2.31. The van der Waals surface area contributed by atoms with E-state index in [0.717, 1.165) is 20.9 Å². The smallest absolute Gasteiger partial charge is 0.124 e. The highest BCUT2D eigenvalue weighted by Crippen LogP contribution is 2.29. The van der Waals surface area contributed by atoms with Crippen molar-refractivity contribution >= 4 is 31.9 Å². The first kappa shape index (κ1) is 15.7. The molecule has 0 aliphatic heterocycles. The Hall–Kier alpha value is -0.710. The second-order valence-corrected chi connectivity index (χ2v) is 6.51. The summed E-state index contributed by atoms with van der Waals surface area (Å²) in [6, 6.07) is 11.3. The van der Waals surface area contributed by atoms with Gasteiger partial charge in [0.15, 0.2) is 0 Å². The molecule has 2 aromatic rings. The second kappa shape index (κ2) is 6.83. The number of likely N-dealkylation sites (N-methyl/N-ethyl adjacent to an activating group) is 1. The van der Waals surface area contributed by atoms with E-state index in [-0.39, 0.29) is 11.9 Å².